The van der Waals surface area contributed by atoms with Crippen LogP contribution in [0.15, 0.2) is 59.2 Å². The van der Waals surface area contributed by atoms with E-state index in [0.29, 0.717) is 26.9 Å². The maximum absolute atomic E-state index is 12.7. The molecule has 1 aromatic heterocycles. The number of nitriles is 2. The molecule has 3 rings (SSSR count). The van der Waals surface area contributed by atoms with Crippen molar-refractivity contribution >= 4 is 33.3 Å². The van der Waals surface area contributed by atoms with Gasteiger partial charge >= 0.3 is 0 Å². The van der Waals surface area contributed by atoms with E-state index in [4.69, 9.17) is 10.5 Å². The van der Waals surface area contributed by atoms with Gasteiger partial charge in [-0.15, -0.1) is 0 Å². The minimum atomic E-state index is -0.286. The molecule has 0 aliphatic rings. The van der Waals surface area contributed by atoms with Gasteiger partial charge in [0.1, 0.15) is 5.69 Å². The molecule has 0 saturated heterocycles. The molecule has 1 N–H and O–H groups in total. The number of nitrogens with zero attached hydrogens (tertiary/aromatic N) is 4. The Labute approximate surface area is 157 Å². The average molecular weight is 404 g/mol. The van der Waals surface area contributed by atoms with Crippen LogP contribution in [0.4, 0.5) is 11.6 Å². The first-order valence-corrected chi connectivity index (χ1v) is 8.24. The lowest BCUT2D eigenvalue weighted by Crippen LogP contribution is -2.08. The third-order valence-corrected chi connectivity index (χ3v) is 4.09. The van der Waals surface area contributed by atoms with Gasteiger partial charge in [-0.2, -0.15) is 10.5 Å². The predicted molar refractivity (Wildman–Crippen MR) is 98.8 cm³/mol. The second-order valence-corrected chi connectivity index (χ2v) is 6.08. The largest absolute Gasteiger partial charge is 0.324 e. The Kier molecular flexibility index (Phi) is 5.02. The number of hydrogen-bond acceptors (Lipinski definition) is 6. The van der Waals surface area contributed by atoms with Gasteiger partial charge in [0.2, 0.25) is 11.7 Å². The molecule has 3 aromatic rings. The first-order valence-electron chi connectivity index (χ1n) is 7.45. The first kappa shape index (κ1) is 17.3. The van der Waals surface area contributed by atoms with Gasteiger partial charge in [0, 0.05) is 17.4 Å². The number of benzene rings is 2. The van der Waals surface area contributed by atoms with Crippen molar-refractivity contribution in [1.82, 2.24) is 9.97 Å². The van der Waals surface area contributed by atoms with Crippen LogP contribution in [0.2, 0.25) is 0 Å². The van der Waals surface area contributed by atoms with E-state index in [-0.39, 0.29) is 17.4 Å². The zero-order valence-electron chi connectivity index (χ0n) is 13.3. The smallest absolute Gasteiger partial charge is 0.227 e. The van der Waals surface area contributed by atoms with Crippen molar-refractivity contribution in [2.45, 2.75) is 0 Å². The van der Waals surface area contributed by atoms with Crippen LogP contribution in [-0.2, 0) is 0 Å². The molecule has 2 aromatic carbocycles. The number of aromatic nitrogens is 2. The molecule has 0 spiro atoms. The maximum atomic E-state index is 12.7. The molecule has 0 amide bonds. The standard InChI is InChI=1S/C19H10BrN5O/c20-16-11-23-19(24-15-7-3-13(10-22)4-8-15)25-17(16)18(26)14-5-1-12(9-21)2-6-14/h1-8,11H,(H,23,24,25). The van der Waals surface area contributed by atoms with Crippen LogP contribution >= 0.6 is 15.9 Å². The van der Waals surface area contributed by atoms with Crippen molar-refractivity contribution in [2.24, 2.45) is 0 Å². The summed E-state index contributed by atoms with van der Waals surface area (Å²) in [6.07, 6.45) is 1.50. The number of rotatable bonds is 4. The Morgan fingerprint density at radius 2 is 1.54 bits per heavy atom. The minimum absolute atomic E-state index is 0.209. The molecule has 7 heteroatoms. The van der Waals surface area contributed by atoms with E-state index in [1.54, 1.807) is 48.5 Å². The summed E-state index contributed by atoms with van der Waals surface area (Å²) in [6, 6.07) is 17.2. The number of halogens is 1. The van der Waals surface area contributed by atoms with Crippen LogP contribution in [0.1, 0.15) is 27.2 Å². The highest BCUT2D eigenvalue weighted by molar-refractivity contribution is 9.10. The molecule has 0 radical (unpaired) electrons. The molecule has 0 atom stereocenters. The summed E-state index contributed by atoms with van der Waals surface area (Å²) in [5.74, 6) is -0.0263. The average Bonchev–Trinajstić information content (AvgIpc) is 2.69. The molecular weight excluding hydrogens is 394 g/mol. The normalized spacial score (nSPS) is 9.81. The Morgan fingerprint density at radius 1 is 0.962 bits per heavy atom. The lowest BCUT2D eigenvalue weighted by molar-refractivity contribution is 0.103. The molecule has 1 heterocycles. The molecule has 26 heavy (non-hydrogen) atoms. The van der Waals surface area contributed by atoms with Crippen LogP contribution in [0, 0.1) is 22.7 Å². The van der Waals surface area contributed by atoms with Crippen LogP contribution < -0.4 is 5.32 Å². The van der Waals surface area contributed by atoms with Crippen molar-refractivity contribution in [1.29, 1.82) is 10.5 Å². The van der Waals surface area contributed by atoms with Gasteiger partial charge < -0.3 is 5.32 Å². The number of nitrogens with one attached hydrogen (secondary N) is 1. The highest BCUT2D eigenvalue weighted by Gasteiger charge is 2.16. The van der Waals surface area contributed by atoms with Crippen molar-refractivity contribution in [2.75, 3.05) is 5.32 Å². The summed E-state index contributed by atoms with van der Waals surface area (Å²) in [6.45, 7) is 0. The van der Waals surface area contributed by atoms with Gasteiger partial charge in [0.25, 0.3) is 0 Å². The molecule has 124 valence electrons. The van der Waals surface area contributed by atoms with Gasteiger partial charge in [-0.1, -0.05) is 0 Å². The summed E-state index contributed by atoms with van der Waals surface area (Å²) in [5.41, 5.74) is 2.35. The van der Waals surface area contributed by atoms with Crippen molar-refractivity contribution < 1.29 is 4.79 Å². The molecule has 0 saturated carbocycles. The van der Waals surface area contributed by atoms with Gasteiger partial charge in [-0.25, -0.2) is 9.97 Å². The van der Waals surface area contributed by atoms with E-state index < -0.39 is 0 Å². The Morgan fingerprint density at radius 3 is 2.12 bits per heavy atom. The van der Waals surface area contributed by atoms with E-state index in [2.05, 4.69) is 31.2 Å². The zero-order valence-corrected chi connectivity index (χ0v) is 14.9. The third kappa shape index (κ3) is 3.75. The van der Waals surface area contributed by atoms with Crippen LogP contribution in [0.3, 0.4) is 0 Å². The molecule has 0 aliphatic carbocycles. The molecular formula is C19H10BrN5O. The SMILES string of the molecule is N#Cc1ccc(Nc2ncc(Br)c(C(=O)c3ccc(C#N)cc3)n2)cc1. The number of hydrogen-bond donors (Lipinski definition) is 1. The first-order chi connectivity index (χ1) is 12.6. The summed E-state index contributed by atoms with van der Waals surface area (Å²) in [5, 5.41) is 20.7. The van der Waals surface area contributed by atoms with Crippen LogP contribution in [-0.4, -0.2) is 15.8 Å². The summed E-state index contributed by atoms with van der Waals surface area (Å²) >= 11 is 3.30. The van der Waals surface area contributed by atoms with E-state index in [1.165, 1.54) is 6.20 Å². The van der Waals surface area contributed by atoms with Crippen LogP contribution in [0.25, 0.3) is 0 Å². The molecule has 0 aliphatic heterocycles. The number of anilines is 2. The van der Waals surface area contributed by atoms with Gasteiger partial charge in [0.05, 0.1) is 27.7 Å². The van der Waals surface area contributed by atoms with Crippen molar-refractivity contribution in [3.63, 3.8) is 0 Å². The maximum Gasteiger partial charge on any atom is 0.227 e. The lowest BCUT2D eigenvalue weighted by atomic mass is 10.1. The Bertz CT molecular complexity index is 1050. The highest BCUT2D eigenvalue weighted by atomic mass is 79.9. The number of carbonyl (C=O) groups is 1. The summed E-state index contributed by atoms with van der Waals surface area (Å²) in [7, 11) is 0. The summed E-state index contributed by atoms with van der Waals surface area (Å²) < 4.78 is 0.470. The van der Waals surface area contributed by atoms with E-state index in [9.17, 15) is 4.79 Å². The second kappa shape index (κ2) is 7.56. The van der Waals surface area contributed by atoms with E-state index in [0.717, 1.165) is 0 Å². The molecule has 6 nitrogen and oxygen atoms in total. The third-order valence-electron chi connectivity index (χ3n) is 3.51. The topological polar surface area (TPSA) is 102 Å². The fourth-order valence-electron chi connectivity index (χ4n) is 2.18. The fourth-order valence-corrected chi connectivity index (χ4v) is 2.55. The number of ketones is 1. The van der Waals surface area contributed by atoms with Crippen LogP contribution in [0.5, 0.6) is 0 Å². The van der Waals surface area contributed by atoms with Gasteiger partial charge in [0.15, 0.2) is 0 Å². The molecule has 0 unspecified atom stereocenters. The lowest BCUT2D eigenvalue weighted by Gasteiger charge is -2.08. The molecule has 0 fully saturated rings. The van der Waals surface area contributed by atoms with Crippen molar-refractivity contribution in [3.05, 3.63) is 81.6 Å². The summed E-state index contributed by atoms with van der Waals surface area (Å²) in [4.78, 5) is 21.1. The monoisotopic (exact) mass is 403 g/mol. The Hall–Kier alpha value is -3.55. The van der Waals surface area contributed by atoms with Gasteiger partial charge in [-0.05, 0) is 64.5 Å². The number of carbonyl (C=O) groups excluding carboxylic acids is 1. The quantitative estimate of drug-likeness (QED) is 0.661. The second-order valence-electron chi connectivity index (χ2n) is 5.22. The predicted octanol–water partition coefficient (Wildman–Crippen LogP) is 3.96. The van der Waals surface area contributed by atoms with E-state index >= 15 is 0 Å². The Balaban J connectivity index is 1.87. The highest BCUT2D eigenvalue weighted by Crippen LogP contribution is 2.21. The van der Waals surface area contributed by atoms with E-state index in [1.807, 2.05) is 12.1 Å². The fraction of sp³-hybridized carbons (Fsp3) is 0. The molecule has 0 bridgehead atoms. The minimum Gasteiger partial charge on any atom is -0.324 e. The van der Waals surface area contributed by atoms with Gasteiger partial charge in [-0.3, -0.25) is 4.79 Å². The zero-order chi connectivity index (χ0) is 18.5. The van der Waals surface area contributed by atoms with Crippen molar-refractivity contribution in [3.8, 4) is 12.1 Å².